The molecule has 1 unspecified atom stereocenters. The minimum Gasteiger partial charge on any atom is -0.389 e. The van der Waals surface area contributed by atoms with Gasteiger partial charge < -0.3 is 24.4 Å². The van der Waals surface area contributed by atoms with Crippen molar-refractivity contribution in [1.29, 1.82) is 0 Å². The summed E-state index contributed by atoms with van der Waals surface area (Å²) in [7, 11) is 0. The molecule has 0 aliphatic carbocycles. The van der Waals surface area contributed by atoms with E-state index in [1.165, 1.54) is 38.5 Å². The van der Waals surface area contributed by atoms with Gasteiger partial charge in [-0.05, 0) is 26.0 Å². The molecule has 2 rings (SSSR count). The number of aliphatic hydroxyl groups is 2. The van der Waals surface area contributed by atoms with Crippen LogP contribution in [0.15, 0.2) is 0 Å². The van der Waals surface area contributed by atoms with Gasteiger partial charge in [0.05, 0.1) is 6.10 Å². The molecule has 23 heavy (non-hydrogen) atoms. The van der Waals surface area contributed by atoms with Crippen LogP contribution in [0.2, 0.25) is 0 Å². The molecular formula is C17H32O5S. The molecule has 136 valence electrons. The molecule has 6 heteroatoms. The zero-order valence-corrected chi connectivity index (χ0v) is 15.4. The van der Waals surface area contributed by atoms with Gasteiger partial charge in [0.15, 0.2) is 12.1 Å². The van der Waals surface area contributed by atoms with Gasteiger partial charge in [0.1, 0.15) is 18.3 Å². The Bertz CT molecular complexity index is 352. The van der Waals surface area contributed by atoms with Crippen molar-refractivity contribution in [2.45, 2.75) is 95.8 Å². The van der Waals surface area contributed by atoms with Crippen LogP contribution in [0.1, 0.15) is 59.3 Å². The van der Waals surface area contributed by atoms with E-state index < -0.39 is 36.5 Å². The van der Waals surface area contributed by atoms with Gasteiger partial charge in [-0.2, -0.15) is 11.8 Å². The molecule has 0 amide bonds. The summed E-state index contributed by atoms with van der Waals surface area (Å²) in [5, 5.41) is 20.5. The van der Waals surface area contributed by atoms with Crippen LogP contribution < -0.4 is 0 Å². The second-order valence-corrected chi connectivity index (χ2v) is 8.12. The lowest BCUT2D eigenvalue weighted by molar-refractivity contribution is -0.224. The van der Waals surface area contributed by atoms with Crippen molar-refractivity contribution in [3.05, 3.63) is 0 Å². The molecule has 0 aromatic rings. The van der Waals surface area contributed by atoms with E-state index in [1.54, 1.807) is 25.6 Å². The van der Waals surface area contributed by atoms with E-state index in [0.29, 0.717) is 5.75 Å². The van der Waals surface area contributed by atoms with Crippen molar-refractivity contribution in [2.24, 2.45) is 0 Å². The molecular weight excluding hydrogens is 316 g/mol. The van der Waals surface area contributed by atoms with Gasteiger partial charge in [-0.25, -0.2) is 0 Å². The molecule has 2 aliphatic rings. The predicted molar refractivity (Wildman–Crippen MR) is 91.4 cm³/mol. The number of unbranched alkanes of at least 4 members (excludes halogenated alkanes) is 5. The van der Waals surface area contributed by atoms with E-state index in [2.05, 4.69) is 6.92 Å². The molecule has 0 bridgehead atoms. The first-order valence-electron chi connectivity index (χ1n) is 8.89. The van der Waals surface area contributed by atoms with Crippen molar-refractivity contribution in [3.8, 4) is 0 Å². The number of thioether (sulfide) groups is 1. The average molecular weight is 349 g/mol. The van der Waals surface area contributed by atoms with Gasteiger partial charge in [-0.3, -0.25) is 0 Å². The predicted octanol–water partition coefficient (Wildman–Crippen LogP) is 2.68. The monoisotopic (exact) mass is 348 g/mol. The first-order valence-corrected chi connectivity index (χ1v) is 10.0. The molecule has 2 fully saturated rings. The first kappa shape index (κ1) is 19.5. The third-order valence-electron chi connectivity index (χ3n) is 4.36. The molecule has 2 N–H and O–H groups in total. The standard InChI is InChI=1S/C17H32O5S/c1-4-5-6-7-8-9-10-23-11-12(18)14-13(19)15-16(20-14)22-17(2,3)21-15/h12-16,18-19H,4-11H2,1-3H3/t12-,13+,14?,15-,16-/m1/s1. The number of rotatable bonds is 10. The van der Waals surface area contributed by atoms with Crippen LogP contribution in [0.3, 0.4) is 0 Å². The summed E-state index contributed by atoms with van der Waals surface area (Å²) < 4.78 is 16.9. The molecule has 0 aromatic carbocycles. The first-order chi connectivity index (χ1) is 10.9. The highest BCUT2D eigenvalue weighted by Crippen LogP contribution is 2.38. The molecule has 0 radical (unpaired) electrons. The SMILES string of the molecule is CCCCCCCCSC[C@@H](O)C1O[C@@H]2OC(C)(C)O[C@@H]2[C@H]1O. The van der Waals surface area contributed by atoms with Gasteiger partial charge in [0, 0.05) is 5.75 Å². The summed E-state index contributed by atoms with van der Waals surface area (Å²) in [4.78, 5) is 0. The Morgan fingerprint density at radius 3 is 2.48 bits per heavy atom. The molecule has 2 saturated heterocycles. The highest BCUT2D eigenvalue weighted by molar-refractivity contribution is 7.99. The Morgan fingerprint density at radius 2 is 1.78 bits per heavy atom. The van der Waals surface area contributed by atoms with E-state index in [1.807, 2.05) is 0 Å². The molecule has 2 heterocycles. The fourth-order valence-electron chi connectivity index (χ4n) is 3.12. The van der Waals surface area contributed by atoms with E-state index in [4.69, 9.17) is 14.2 Å². The van der Waals surface area contributed by atoms with Crippen molar-refractivity contribution in [1.82, 2.24) is 0 Å². The lowest BCUT2D eigenvalue weighted by Crippen LogP contribution is -2.41. The Kier molecular flexibility index (Phi) is 7.63. The zero-order valence-electron chi connectivity index (χ0n) is 14.6. The molecule has 0 saturated carbocycles. The van der Waals surface area contributed by atoms with Crippen molar-refractivity contribution >= 4 is 11.8 Å². The molecule has 5 atom stereocenters. The summed E-state index contributed by atoms with van der Waals surface area (Å²) in [5.74, 6) is 0.872. The van der Waals surface area contributed by atoms with Crippen LogP contribution in [0, 0.1) is 0 Å². The quantitative estimate of drug-likeness (QED) is 0.592. The molecule has 0 spiro atoms. The Morgan fingerprint density at radius 1 is 1.09 bits per heavy atom. The maximum atomic E-state index is 10.3. The minimum atomic E-state index is -0.841. The number of hydrogen-bond donors (Lipinski definition) is 2. The molecule has 2 aliphatic heterocycles. The lowest BCUT2D eigenvalue weighted by Gasteiger charge is -2.25. The summed E-state index contributed by atoms with van der Waals surface area (Å²) in [6.45, 7) is 5.81. The second kappa shape index (κ2) is 9.02. The van der Waals surface area contributed by atoms with Gasteiger partial charge in [-0.15, -0.1) is 0 Å². The summed E-state index contributed by atoms with van der Waals surface area (Å²) in [6.07, 6.45) is 4.41. The van der Waals surface area contributed by atoms with Crippen LogP contribution >= 0.6 is 11.8 Å². The van der Waals surface area contributed by atoms with E-state index >= 15 is 0 Å². The summed E-state index contributed by atoms with van der Waals surface area (Å²) >= 11 is 1.72. The van der Waals surface area contributed by atoms with E-state index in [9.17, 15) is 10.2 Å². The van der Waals surface area contributed by atoms with E-state index in [0.717, 1.165) is 5.75 Å². The third-order valence-corrected chi connectivity index (χ3v) is 5.52. The Balaban J connectivity index is 1.59. The smallest absolute Gasteiger partial charge is 0.190 e. The summed E-state index contributed by atoms with van der Waals surface area (Å²) in [6, 6.07) is 0. The fraction of sp³-hybridized carbons (Fsp3) is 1.00. The largest absolute Gasteiger partial charge is 0.389 e. The highest BCUT2D eigenvalue weighted by atomic mass is 32.2. The maximum absolute atomic E-state index is 10.3. The van der Waals surface area contributed by atoms with Crippen LogP contribution in [0.4, 0.5) is 0 Å². The molecule has 0 aromatic heterocycles. The minimum absolute atomic E-state index is 0.506. The average Bonchev–Trinajstić information content (AvgIpc) is 2.95. The van der Waals surface area contributed by atoms with Crippen LogP contribution in [0.5, 0.6) is 0 Å². The molecule has 5 nitrogen and oxygen atoms in total. The third kappa shape index (κ3) is 5.58. The van der Waals surface area contributed by atoms with Gasteiger partial charge >= 0.3 is 0 Å². The number of hydrogen-bond acceptors (Lipinski definition) is 6. The zero-order chi connectivity index (χ0) is 16.9. The van der Waals surface area contributed by atoms with Crippen LogP contribution in [0.25, 0.3) is 0 Å². The van der Waals surface area contributed by atoms with Gasteiger partial charge in [0.25, 0.3) is 0 Å². The Hall–Kier alpha value is 0.150. The van der Waals surface area contributed by atoms with Crippen LogP contribution in [-0.2, 0) is 14.2 Å². The fourth-order valence-corrected chi connectivity index (χ4v) is 4.12. The van der Waals surface area contributed by atoms with Crippen LogP contribution in [-0.4, -0.2) is 58.2 Å². The van der Waals surface area contributed by atoms with Crippen molar-refractivity contribution in [2.75, 3.05) is 11.5 Å². The van der Waals surface area contributed by atoms with Gasteiger partial charge in [-0.1, -0.05) is 39.0 Å². The van der Waals surface area contributed by atoms with Gasteiger partial charge in [0.2, 0.25) is 0 Å². The van der Waals surface area contributed by atoms with Crippen molar-refractivity contribution < 1.29 is 24.4 Å². The van der Waals surface area contributed by atoms with E-state index in [-0.39, 0.29) is 0 Å². The Labute approximate surface area is 144 Å². The summed E-state index contributed by atoms with van der Waals surface area (Å²) in [5.41, 5.74) is 0. The number of aliphatic hydroxyl groups excluding tert-OH is 2. The maximum Gasteiger partial charge on any atom is 0.190 e. The van der Waals surface area contributed by atoms with Crippen molar-refractivity contribution in [3.63, 3.8) is 0 Å². The topological polar surface area (TPSA) is 68.2 Å². The normalized spacial score (nSPS) is 33.8. The lowest BCUT2D eigenvalue weighted by atomic mass is 10.1. The second-order valence-electron chi connectivity index (χ2n) is 6.97. The number of ether oxygens (including phenoxy) is 3. The highest BCUT2D eigenvalue weighted by Gasteiger charge is 2.55. The number of fused-ring (bicyclic) bond motifs is 1.